The second-order valence-corrected chi connectivity index (χ2v) is 7.70. The Labute approximate surface area is 164 Å². The van der Waals surface area contributed by atoms with Gasteiger partial charge in [-0.2, -0.15) is 5.26 Å². The van der Waals surface area contributed by atoms with Crippen molar-refractivity contribution in [3.8, 4) is 17.5 Å². The number of nitriles is 1. The first-order chi connectivity index (χ1) is 13.7. The molecule has 148 valence electrons. The van der Waals surface area contributed by atoms with E-state index in [0.717, 1.165) is 12.1 Å². The van der Waals surface area contributed by atoms with Crippen molar-refractivity contribution in [2.24, 2.45) is 0 Å². The Kier molecular flexibility index (Phi) is 5.48. The van der Waals surface area contributed by atoms with E-state index in [4.69, 9.17) is 0 Å². The number of sulfone groups is 1. The molecule has 0 saturated carbocycles. The summed E-state index contributed by atoms with van der Waals surface area (Å²) in [7, 11) is -4.01. The smallest absolute Gasteiger partial charge is 0.406 e. The zero-order valence-electron chi connectivity index (χ0n) is 14.7. The van der Waals surface area contributed by atoms with Gasteiger partial charge in [-0.25, -0.2) is 8.42 Å². The van der Waals surface area contributed by atoms with Gasteiger partial charge in [0.25, 0.3) is 0 Å². The third-order valence-corrected chi connectivity index (χ3v) is 5.54. The lowest BCUT2D eigenvalue weighted by Crippen LogP contribution is -2.17. The first-order valence-corrected chi connectivity index (χ1v) is 9.64. The average Bonchev–Trinajstić information content (AvgIpc) is 3.14. The molecule has 0 aliphatic heterocycles. The topological polar surface area (TPSA) is 72.1 Å². The number of hydrogen-bond donors (Lipinski definition) is 0. The molecule has 0 radical (unpaired) electrons. The van der Waals surface area contributed by atoms with Gasteiger partial charge in [-0.05, 0) is 54.6 Å². The summed E-state index contributed by atoms with van der Waals surface area (Å²) in [4.78, 5) is -0.472. The van der Waals surface area contributed by atoms with Crippen LogP contribution in [0.1, 0.15) is 5.69 Å². The maximum Gasteiger partial charge on any atom is 0.573 e. The summed E-state index contributed by atoms with van der Waals surface area (Å²) in [6, 6.07) is 17.5. The van der Waals surface area contributed by atoms with Crippen LogP contribution in [0.5, 0.6) is 5.75 Å². The first-order valence-electron chi connectivity index (χ1n) is 8.16. The molecule has 0 aliphatic carbocycles. The van der Waals surface area contributed by atoms with Crippen molar-refractivity contribution in [3.63, 3.8) is 0 Å². The van der Waals surface area contributed by atoms with Gasteiger partial charge in [0.05, 0.1) is 4.90 Å². The number of rotatable bonds is 5. The van der Waals surface area contributed by atoms with E-state index < -0.39 is 21.1 Å². The highest BCUT2D eigenvalue weighted by Gasteiger charge is 2.31. The predicted molar refractivity (Wildman–Crippen MR) is 99.7 cm³/mol. The Morgan fingerprint density at radius 3 is 2.24 bits per heavy atom. The molecule has 0 fully saturated rings. The summed E-state index contributed by atoms with van der Waals surface area (Å²) in [5.74, 6) is -0.380. The van der Waals surface area contributed by atoms with Gasteiger partial charge in [0.2, 0.25) is 9.84 Å². The van der Waals surface area contributed by atoms with Crippen LogP contribution in [0.2, 0.25) is 0 Å². The predicted octanol–water partition coefficient (Wildman–Crippen LogP) is 4.71. The number of aromatic nitrogens is 1. The Hall–Kier alpha value is -3.51. The molecule has 0 aliphatic rings. The molecule has 0 bridgehead atoms. The minimum absolute atomic E-state index is 0.0143. The van der Waals surface area contributed by atoms with Gasteiger partial charge >= 0.3 is 6.36 Å². The number of nitrogens with zero attached hydrogens (tertiary/aromatic N) is 2. The molecule has 0 unspecified atom stereocenters. The molecular weight excluding hydrogens is 405 g/mol. The van der Waals surface area contributed by atoms with Gasteiger partial charge in [-0.15, -0.1) is 13.2 Å². The molecule has 1 aromatic heterocycles. The summed E-state index contributed by atoms with van der Waals surface area (Å²) >= 11 is 0. The van der Waals surface area contributed by atoms with Gasteiger partial charge in [0, 0.05) is 17.6 Å². The van der Waals surface area contributed by atoms with E-state index in [-0.39, 0.29) is 10.6 Å². The largest absolute Gasteiger partial charge is 0.573 e. The van der Waals surface area contributed by atoms with Crippen molar-refractivity contribution >= 4 is 15.9 Å². The van der Waals surface area contributed by atoms with Crippen LogP contribution in [0.4, 0.5) is 13.2 Å². The van der Waals surface area contributed by atoms with Crippen molar-refractivity contribution in [1.82, 2.24) is 4.57 Å². The molecule has 9 heteroatoms. The molecule has 1 heterocycles. The molecule has 3 rings (SSSR count). The van der Waals surface area contributed by atoms with Crippen molar-refractivity contribution in [3.05, 3.63) is 83.5 Å². The summed E-state index contributed by atoms with van der Waals surface area (Å²) in [5, 5.41) is 9.40. The average molecular weight is 418 g/mol. The van der Waals surface area contributed by atoms with Gasteiger partial charge in [0.15, 0.2) is 4.91 Å². The maximum atomic E-state index is 12.7. The molecule has 0 saturated heterocycles. The summed E-state index contributed by atoms with van der Waals surface area (Å²) < 4.78 is 67.6. The molecule has 0 amide bonds. The highest BCUT2D eigenvalue weighted by molar-refractivity contribution is 7.95. The number of hydrogen-bond acceptors (Lipinski definition) is 4. The fraction of sp³-hybridized carbons (Fsp3) is 0.0500. The quantitative estimate of drug-likeness (QED) is 0.563. The molecule has 2 aromatic carbocycles. The second-order valence-electron chi connectivity index (χ2n) is 5.78. The third kappa shape index (κ3) is 4.67. The molecule has 5 nitrogen and oxygen atoms in total. The van der Waals surface area contributed by atoms with Crippen LogP contribution >= 0.6 is 0 Å². The highest BCUT2D eigenvalue weighted by Crippen LogP contribution is 2.26. The minimum atomic E-state index is -4.80. The number of alkyl halides is 3. The lowest BCUT2D eigenvalue weighted by atomic mass is 10.3. The van der Waals surface area contributed by atoms with Crippen LogP contribution in [-0.2, 0) is 9.84 Å². The molecule has 29 heavy (non-hydrogen) atoms. The van der Waals surface area contributed by atoms with Gasteiger partial charge in [0.1, 0.15) is 11.8 Å². The van der Waals surface area contributed by atoms with Gasteiger partial charge in [-0.1, -0.05) is 18.2 Å². The van der Waals surface area contributed by atoms with Crippen molar-refractivity contribution in [1.29, 1.82) is 5.26 Å². The van der Waals surface area contributed by atoms with E-state index in [1.165, 1.54) is 34.9 Å². The van der Waals surface area contributed by atoms with Crippen LogP contribution in [0.15, 0.2) is 82.7 Å². The maximum absolute atomic E-state index is 12.7. The van der Waals surface area contributed by atoms with E-state index in [1.807, 2.05) is 0 Å². The normalized spacial score (nSPS) is 12.4. The van der Waals surface area contributed by atoms with E-state index in [9.17, 15) is 26.9 Å². The Bertz CT molecular complexity index is 1170. The number of allylic oxidation sites excluding steroid dienone is 1. The zero-order valence-corrected chi connectivity index (χ0v) is 15.5. The summed E-state index contributed by atoms with van der Waals surface area (Å²) in [5.41, 5.74) is 0.829. The van der Waals surface area contributed by atoms with Crippen molar-refractivity contribution in [2.45, 2.75) is 11.3 Å². The molecule has 0 spiro atoms. The molecule has 3 aromatic rings. The highest BCUT2D eigenvalue weighted by atomic mass is 32.2. The van der Waals surface area contributed by atoms with E-state index >= 15 is 0 Å². The third-order valence-electron chi connectivity index (χ3n) is 3.86. The molecule has 0 atom stereocenters. The zero-order chi connectivity index (χ0) is 21.1. The molecular formula is C20H13F3N2O3S. The van der Waals surface area contributed by atoms with Crippen LogP contribution in [-0.4, -0.2) is 19.3 Å². The van der Waals surface area contributed by atoms with Crippen LogP contribution in [0.3, 0.4) is 0 Å². The lowest BCUT2D eigenvalue weighted by molar-refractivity contribution is -0.274. The van der Waals surface area contributed by atoms with E-state index in [0.29, 0.717) is 11.4 Å². The Morgan fingerprint density at radius 2 is 1.66 bits per heavy atom. The fourth-order valence-electron chi connectivity index (χ4n) is 2.59. The Balaban J connectivity index is 1.96. The van der Waals surface area contributed by atoms with E-state index in [2.05, 4.69) is 4.74 Å². The van der Waals surface area contributed by atoms with Gasteiger partial charge in [-0.3, -0.25) is 0 Å². The monoisotopic (exact) mass is 418 g/mol. The Morgan fingerprint density at radius 1 is 1.00 bits per heavy atom. The van der Waals surface area contributed by atoms with Crippen LogP contribution in [0, 0.1) is 11.3 Å². The second kappa shape index (κ2) is 7.85. The standard InChI is InChI=1S/C20H13F3N2O3S/c21-20(22,23)28-17-10-8-15(9-11-17)25-12-4-5-16(25)13-19(14-24)29(26,27)18-6-2-1-3-7-18/h1-13H/b19-13+. The summed E-state index contributed by atoms with van der Waals surface area (Å²) in [6.07, 6.45) is -1.99. The van der Waals surface area contributed by atoms with E-state index in [1.54, 1.807) is 42.6 Å². The SMILES string of the molecule is N#C/C(=C\c1cccn1-c1ccc(OC(F)(F)F)cc1)S(=O)(=O)c1ccccc1. The number of benzene rings is 2. The van der Waals surface area contributed by atoms with Gasteiger partial charge < -0.3 is 9.30 Å². The number of halogens is 3. The molecule has 0 N–H and O–H groups in total. The summed E-state index contributed by atoms with van der Waals surface area (Å²) in [6.45, 7) is 0. The lowest BCUT2D eigenvalue weighted by Gasteiger charge is -2.11. The van der Waals surface area contributed by atoms with Crippen molar-refractivity contribution < 1.29 is 26.3 Å². The fourth-order valence-corrected chi connectivity index (χ4v) is 3.75. The first kappa shape index (κ1) is 20.2. The minimum Gasteiger partial charge on any atom is -0.406 e. The van der Waals surface area contributed by atoms with Crippen LogP contribution < -0.4 is 4.74 Å². The number of ether oxygens (including phenoxy) is 1. The van der Waals surface area contributed by atoms with Crippen molar-refractivity contribution in [2.75, 3.05) is 0 Å². The van der Waals surface area contributed by atoms with Crippen LogP contribution in [0.25, 0.3) is 11.8 Å².